The van der Waals surface area contributed by atoms with Crippen molar-refractivity contribution in [3.63, 3.8) is 0 Å². The second kappa shape index (κ2) is 10.1. The van der Waals surface area contributed by atoms with Crippen LogP contribution in [0.4, 0.5) is 5.69 Å². The van der Waals surface area contributed by atoms with Gasteiger partial charge in [0.15, 0.2) is 0 Å². The summed E-state index contributed by atoms with van der Waals surface area (Å²) in [6, 6.07) is 19.3. The maximum absolute atomic E-state index is 11.7. The molecule has 0 saturated carbocycles. The SMILES string of the molecule is NC(=O)C1=CN=C(Nc2ccc(Oc3cccc(C(N)=O)n3)cc2)N(Cc2ccc(Cl)cc2)C1. The van der Waals surface area contributed by atoms with Crippen LogP contribution >= 0.6 is 11.6 Å². The fourth-order valence-electron chi connectivity index (χ4n) is 3.20. The second-order valence-electron chi connectivity index (χ2n) is 7.43. The van der Waals surface area contributed by atoms with E-state index in [1.165, 1.54) is 12.3 Å². The van der Waals surface area contributed by atoms with Crippen LogP contribution in [0.3, 0.4) is 0 Å². The summed E-state index contributed by atoms with van der Waals surface area (Å²) in [6.45, 7) is 0.809. The van der Waals surface area contributed by atoms with Gasteiger partial charge in [0, 0.05) is 29.5 Å². The molecule has 4 rings (SSSR count). The molecule has 1 aliphatic rings. The van der Waals surface area contributed by atoms with Crippen molar-refractivity contribution in [2.24, 2.45) is 16.5 Å². The van der Waals surface area contributed by atoms with E-state index in [1.807, 2.05) is 41.3 Å². The minimum Gasteiger partial charge on any atom is -0.439 e. The molecular weight excluding hydrogens is 456 g/mol. The summed E-state index contributed by atoms with van der Waals surface area (Å²) < 4.78 is 5.71. The molecule has 9 nitrogen and oxygen atoms in total. The number of primary amides is 2. The first-order valence-electron chi connectivity index (χ1n) is 10.3. The first-order valence-corrected chi connectivity index (χ1v) is 10.6. The van der Waals surface area contributed by atoms with E-state index in [-0.39, 0.29) is 11.6 Å². The van der Waals surface area contributed by atoms with Gasteiger partial charge in [-0.2, -0.15) is 0 Å². The number of ether oxygens (including phenoxy) is 1. The topological polar surface area (TPSA) is 136 Å². The molecule has 5 N–H and O–H groups in total. The van der Waals surface area contributed by atoms with Crippen molar-refractivity contribution in [2.75, 3.05) is 11.9 Å². The van der Waals surface area contributed by atoms with Crippen molar-refractivity contribution in [2.45, 2.75) is 6.54 Å². The largest absolute Gasteiger partial charge is 0.439 e. The molecule has 2 aromatic carbocycles. The number of guanidine groups is 1. The fraction of sp³-hybridized carbons (Fsp3) is 0.0833. The van der Waals surface area contributed by atoms with E-state index in [0.29, 0.717) is 35.4 Å². The van der Waals surface area contributed by atoms with Crippen LogP contribution in [-0.2, 0) is 11.3 Å². The van der Waals surface area contributed by atoms with Gasteiger partial charge in [0.2, 0.25) is 17.7 Å². The van der Waals surface area contributed by atoms with Crippen LogP contribution < -0.4 is 21.5 Å². The average molecular weight is 477 g/mol. The number of hydrogen-bond acceptors (Lipinski definition) is 7. The Hall–Kier alpha value is -4.37. The third kappa shape index (κ3) is 5.70. The van der Waals surface area contributed by atoms with Gasteiger partial charge in [0.25, 0.3) is 5.91 Å². The van der Waals surface area contributed by atoms with Gasteiger partial charge in [-0.15, -0.1) is 0 Å². The van der Waals surface area contributed by atoms with E-state index in [9.17, 15) is 9.59 Å². The smallest absolute Gasteiger partial charge is 0.267 e. The van der Waals surface area contributed by atoms with Gasteiger partial charge in [-0.1, -0.05) is 29.8 Å². The number of carbonyl (C=O) groups excluding carboxylic acids is 2. The molecule has 10 heteroatoms. The third-order valence-electron chi connectivity index (χ3n) is 4.92. The molecule has 0 atom stereocenters. The molecule has 0 unspecified atom stereocenters. The predicted molar refractivity (Wildman–Crippen MR) is 129 cm³/mol. The summed E-state index contributed by atoms with van der Waals surface area (Å²) in [6.07, 6.45) is 1.47. The lowest BCUT2D eigenvalue weighted by atomic mass is 10.1. The molecular formula is C24H21ClN6O3. The van der Waals surface area contributed by atoms with Crippen LogP contribution in [0, 0.1) is 0 Å². The van der Waals surface area contributed by atoms with Crippen LogP contribution in [0.1, 0.15) is 16.1 Å². The molecule has 0 fully saturated rings. The summed E-state index contributed by atoms with van der Waals surface area (Å²) in [5.74, 6) is 0.199. The highest BCUT2D eigenvalue weighted by molar-refractivity contribution is 6.30. The number of carbonyl (C=O) groups is 2. The van der Waals surface area contributed by atoms with Crippen molar-refractivity contribution < 1.29 is 14.3 Å². The van der Waals surface area contributed by atoms with E-state index in [4.69, 9.17) is 27.8 Å². The summed E-state index contributed by atoms with van der Waals surface area (Å²) in [4.78, 5) is 33.4. The van der Waals surface area contributed by atoms with Gasteiger partial charge < -0.3 is 26.4 Å². The number of nitrogens with zero attached hydrogens (tertiary/aromatic N) is 3. The Balaban J connectivity index is 1.48. The summed E-state index contributed by atoms with van der Waals surface area (Å²) in [5, 5.41) is 3.90. The molecule has 3 aromatic rings. The number of benzene rings is 2. The number of amides is 2. The van der Waals surface area contributed by atoms with E-state index < -0.39 is 11.8 Å². The highest BCUT2D eigenvalue weighted by atomic mass is 35.5. The van der Waals surface area contributed by atoms with Gasteiger partial charge in [-0.05, 0) is 48.0 Å². The number of aromatic nitrogens is 1. The Bertz CT molecular complexity index is 1270. The van der Waals surface area contributed by atoms with Crippen LogP contribution in [0.15, 0.2) is 83.5 Å². The third-order valence-corrected chi connectivity index (χ3v) is 5.17. The number of pyridine rings is 1. The number of aliphatic imine (C=N–C) groups is 1. The first-order chi connectivity index (χ1) is 16.4. The molecule has 34 heavy (non-hydrogen) atoms. The number of anilines is 1. The van der Waals surface area contributed by atoms with Gasteiger partial charge in [-0.25, -0.2) is 9.98 Å². The zero-order chi connectivity index (χ0) is 24.1. The van der Waals surface area contributed by atoms with Crippen molar-refractivity contribution in [1.82, 2.24) is 9.88 Å². The minimum absolute atomic E-state index is 0.121. The number of nitrogens with two attached hydrogens (primary N) is 2. The van der Waals surface area contributed by atoms with Crippen molar-refractivity contribution in [1.29, 1.82) is 0 Å². The van der Waals surface area contributed by atoms with E-state index in [2.05, 4.69) is 15.3 Å². The Morgan fingerprint density at radius 1 is 1.00 bits per heavy atom. The van der Waals surface area contributed by atoms with E-state index >= 15 is 0 Å². The lowest BCUT2D eigenvalue weighted by Crippen LogP contribution is -2.41. The fourth-order valence-corrected chi connectivity index (χ4v) is 3.33. The second-order valence-corrected chi connectivity index (χ2v) is 7.87. The maximum Gasteiger partial charge on any atom is 0.267 e. The van der Waals surface area contributed by atoms with Gasteiger partial charge in [0.05, 0.1) is 12.1 Å². The van der Waals surface area contributed by atoms with Crippen LogP contribution in [0.5, 0.6) is 11.6 Å². The molecule has 0 saturated heterocycles. The van der Waals surface area contributed by atoms with Gasteiger partial charge in [0.1, 0.15) is 11.4 Å². The highest BCUT2D eigenvalue weighted by Crippen LogP contribution is 2.23. The molecule has 172 valence electrons. The van der Waals surface area contributed by atoms with Gasteiger partial charge >= 0.3 is 0 Å². The standard InChI is InChI=1S/C24H21ClN6O3/c25-17-6-4-15(5-7-17)13-31-14-16(22(26)32)12-28-24(31)29-18-8-10-19(11-9-18)34-21-3-1-2-20(30-21)23(27)33/h1-12H,13-14H2,(H2,26,32)(H2,27,33)(H,28,29). The first kappa shape index (κ1) is 22.8. The molecule has 2 heterocycles. The zero-order valence-corrected chi connectivity index (χ0v) is 18.7. The summed E-state index contributed by atoms with van der Waals surface area (Å²) in [5.41, 5.74) is 13.0. The monoisotopic (exact) mass is 476 g/mol. The van der Waals surface area contributed by atoms with Crippen LogP contribution in [-0.4, -0.2) is 34.2 Å². The Morgan fingerprint density at radius 2 is 1.74 bits per heavy atom. The van der Waals surface area contributed by atoms with Crippen LogP contribution in [0.2, 0.25) is 5.02 Å². The molecule has 0 bridgehead atoms. The molecule has 1 aliphatic heterocycles. The normalized spacial score (nSPS) is 13.0. The lowest BCUT2D eigenvalue weighted by Gasteiger charge is -2.29. The minimum atomic E-state index is -0.630. The maximum atomic E-state index is 11.7. The highest BCUT2D eigenvalue weighted by Gasteiger charge is 2.20. The Labute approximate surface area is 200 Å². The molecule has 2 amide bonds. The van der Waals surface area contributed by atoms with E-state index in [1.54, 1.807) is 24.3 Å². The van der Waals surface area contributed by atoms with E-state index in [0.717, 1.165) is 11.3 Å². The average Bonchev–Trinajstić information content (AvgIpc) is 2.83. The molecule has 1 aromatic heterocycles. The molecule has 0 radical (unpaired) electrons. The summed E-state index contributed by atoms with van der Waals surface area (Å²) in [7, 11) is 0. The number of nitrogens with one attached hydrogen (secondary N) is 1. The van der Waals surface area contributed by atoms with Gasteiger partial charge in [-0.3, -0.25) is 9.59 Å². The number of halogens is 1. The van der Waals surface area contributed by atoms with Crippen molar-refractivity contribution in [3.8, 4) is 11.6 Å². The van der Waals surface area contributed by atoms with Crippen LogP contribution in [0.25, 0.3) is 0 Å². The summed E-state index contributed by atoms with van der Waals surface area (Å²) >= 11 is 5.99. The number of rotatable bonds is 7. The Morgan fingerprint density at radius 3 is 2.41 bits per heavy atom. The zero-order valence-electron chi connectivity index (χ0n) is 17.9. The Kier molecular flexibility index (Phi) is 6.74. The number of hydrogen-bond donors (Lipinski definition) is 3. The quantitative estimate of drug-likeness (QED) is 0.478. The molecule has 0 spiro atoms. The molecule has 0 aliphatic carbocycles. The van der Waals surface area contributed by atoms with Crippen molar-refractivity contribution >= 4 is 35.1 Å². The lowest BCUT2D eigenvalue weighted by molar-refractivity contribution is -0.114. The van der Waals surface area contributed by atoms with Crippen molar-refractivity contribution in [3.05, 3.63) is 94.8 Å². The predicted octanol–water partition coefficient (Wildman–Crippen LogP) is 3.28.